The van der Waals surface area contributed by atoms with Crippen molar-refractivity contribution in [1.29, 1.82) is 0 Å². The number of benzene rings is 1. The van der Waals surface area contributed by atoms with Gasteiger partial charge in [0.15, 0.2) is 0 Å². The average molecular weight is 474 g/mol. The van der Waals surface area contributed by atoms with Crippen LogP contribution < -0.4 is 0 Å². The smallest absolute Gasteiger partial charge is 0.410 e. The molecule has 1 aromatic carbocycles. The zero-order valence-electron chi connectivity index (χ0n) is 18.4. The van der Waals surface area contributed by atoms with E-state index in [0.29, 0.717) is 35.7 Å². The zero-order chi connectivity index (χ0) is 22.9. The Bertz CT molecular complexity index is 1060. The summed E-state index contributed by atoms with van der Waals surface area (Å²) >= 11 is 2.71. The normalized spacial score (nSPS) is 17.2. The fraction of sp³-hybridized carbons (Fsp3) is 0.417. The first-order valence-corrected chi connectivity index (χ1v) is 12.3. The van der Waals surface area contributed by atoms with E-state index in [1.54, 1.807) is 11.0 Å². The van der Waals surface area contributed by atoms with Gasteiger partial charge in [-0.15, -0.1) is 22.7 Å². The maximum absolute atomic E-state index is 13.3. The van der Waals surface area contributed by atoms with Crippen molar-refractivity contribution >= 4 is 44.8 Å². The van der Waals surface area contributed by atoms with Crippen LogP contribution in [0.1, 0.15) is 43.4 Å². The molecule has 2 aromatic heterocycles. The number of aliphatic hydroxyl groups is 1. The van der Waals surface area contributed by atoms with Crippen LogP contribution in [-0.4, -0.2) is 46.9 Å². The Balaban J connectivity index is 1.49. The highest BCUT2D eigenvalue weighted by Gasteiger charge is 2.45. The van der Waals surface area contributed by atoms with Gasteiger partial charge in [0.05, 0.1) is 9.75 Å². The van der Waals surface area contributed by atoms with E-state index in [-0.39, 0.29) is 12.2 Å². The number of piperidine rings is 1. The molecule has 0 radical (unpaired) electrons. The van der Waals surface area contributed by atoms with Crippen molar-refractivity contribution in [3.8, 4) is 0 Å². The van der Waals surface area contributed by atoms with E-state index in [4.69, 9.17) is 9.47 Å². The highest BCUT2D eigenvalue weighted by Crippen LogP contribution is 2.41. The summed E-state index contributed by atoms with van der Waals surface area (Å²) < 4.78 is 12.2. The lowest BCUT2D eigenvalue weighted by Crippen LogP contribution is -2.45. The molecule has 8 heteroatoms. The van der Waals surface area contributed by atoms with Gasteiger partial charge in [0.1, 0.15) is 11.7 Å². The molecule has 3 heterocycles. The summed E-state index contributed by atoms with van der Waals surface area (Å²) in [7, 11) is 0. The largest absolute Gasteiger partial charge is 0.460 e. The van der Waals surface area contributed by atoms with Gasteiger partial charge < -0.3 is 19.5 Å². The lowest BCUT2D eigenvalue weighted by molar-refractivity contribution is -0.169. The van der Waals surface area contributed by atoms with E-state index < -0.39 is 17.2 Å². The van der Waals surface area contributed by atoms with Crippen molar-refractivity contribution in [2.45, 2.75) is 50.9 Å². The molecule has 1 aliphatic rings. The summed E-state index contributed by atoms with van der Waals surface area (Å²) in [6.07, 6.45) is 0.264. The second-order valence-corrected chi connectivity index (χ2v) is 10.9. The maximum atomic E-state index is 13.3. The zero-order valence-corrected chi connectivity index (χ0v) is 20.0. The van der Waals surface area contributed by atoms with Crippen LogP contribution in [0.25, 0.3) is 10.1 Å². The molecule has 6 nitrogen and oxygen atoms in total. The van der Waals surface area contributed by atoms with Crippen molar-refractivity contribution in [1.82, 2.24) is 4.90 Å². The second kappa shape index (κ2) is 8.84. The van der Waals surface area contributed by atoms with Gasteiger partial charge in [-0.05, 0) is 49.7 Å². The summed E-state index contributed by atoms with van der Waals surface area (Å²) in [5.41, 5.74) is -2.41. The Morgan fingerprint density at radius 3 is 2.41 bits per heavy atom. The number of carbonyl (C=O) groups excluding carboxylic acids is 2. The molecular weight excluding hydrogens is 446 g/mol. The molecule has 0 spiro atoms. The Kier molecular flexibility index (Phi) is 6.29. The van der Waals surface area contributed by atoms with Crippen LogP contribution in [-0.2, 0) is 19.9 Å². The number of hydrogen-bond acceptors (Lipinski definition) is 7. The van der Waals surface area contributed by atoms with Gasteiger partial charge in [0, 0.05) is 30.6 Å². The van der Waals surface area contributed by atoms with Crippen LogP contribution in [0.5, 0.6) is 0 Å². The van der Waals surface area contributed by atoms with E-state index >= 15 is 0 Å². The molecular formula is C24H27NO5S2. The third-order valence-electron chi connectivity index (χ3n) is 5.32. The van der Waals surface area contributed by atoms with Gasteiger partial charge in [0.25, 0.3) is 0 Å². The molecule has 1 saturated heterocycles. The summed E-state index contributed by atoms with van der Waals surface area (Å²) in [4.78, 5) is 28.3. The van der Waals surface area contributed by atoms with Crippen LogP contribution in [0.3, 0.4) is 0 Å². The molecule has 1 atom stereocenters. The van der Waals surface area contributed by atoms with E-state index in [1.165, 1.54) is 22.7 Å². The molecule has 170 valence electrons. The lowest BCUT2D eigenvalue weighted by Gasteiger charge is -2.34. The van der Waals surface area contributed by atoms with Gasteiger partial charge in [-0.25, -0.2) is 9.59 Å². The monoisotopic (exact) mass is 473 g/mol. The number of likely N-dealkylation sites (tertiary alicyclic amines) is 1. The molecule has 4 rings (SSSR count). The van der Waals surface area contributed by atoms with Crippen LogP contribution in [0.15, 0.2) is 47.8 Å². The first-order valence-electron chi connectivity index (χ1n) is 10.6. The summed E-state index contributed by atoms with van der Waals surface area (Å²) in [5, 5.41) is 14.5. The topological polar surface area (TPSA) is 76.1 Å². The number of amides is 1. The van der Waals surface area contributed by atoms with Crippen molar-refractivity contribution in [2.75, 3.05) is 13.1 Å². The maximum Gasteiger partial charge on any atom is 0.410 e. The number of nitrogens with zero attached hydrogens (tertiary/aromatic N) is 1. The Labute approximate surface area is 195 Å². The molecule has 0 saturated carbocycles. The van der Waals surface area contributed by atoms with E-state index in [2.05, 4.69) is 0 Å². The number of esters is 1. The van der Waals surface area contributed by atoms with Crippen LogP contribution >= 0.6 is 22.7 Å². The molecule has 1 fully saturated rings. The van der Waals surface area contributed by atoms with E-state index in [1.807, 2.05) is 62.5 Å². The molecule has 1 aliphatic heterocycles. The molecule has 1 N–H and O–H groups in total. The van der Waals surface area contributed by atoms with Crippen LogP contribution in [0.2, 0.25) is 0 Å². The number of thiophene rings is 2. The number of carbonyl (C=O) groups is 2. The minimum atomic E-state index is -1.86. The Morgan fingerprint density at radius 2 is 1.78 bits per heavy atom. The number of rotatable bonds is 4. The minimum absolute atomic E-state index is 0.359. The van der Waals surface area contributed by atoms with Gasteiger partial charge in [-0.2, -0.15) is 0 Å². The van der Waals surface area contributed by atoms with E-state index in [9.17, 15) is 14.7 Å². The summed E-state index contributed by atoms with van der Waals surface area (Å²) in [6.45, 7) is 6.37. The quantitative estimate of drug-likeness (QED) is 0.531. The van der Waals surface area contributed by atoms with Crippen LogP contribution in [0.4, 0.5) is 4.79 Å². The standard InChI is InChI=1S/C24H27NO5S2/c1-23(2,3)30-22(27)25-12-10-17(11-13-25)29-21(26)24(28,19-9-6-14-31-19)20-15-16-7-4-5-8-18(16)32-20/h4-9,14-15,17,28H,10-13H2,1-3H3/t24-/m1/s1. The van der Waals surface area contributed by atoms with E-state index in [0.717, 1.165) is 10.1 Å². The molecule has 0 bridgehead atoms. The first-order chi connectivity index (χ1) is 15.2. The Morgan fingerprint density at radius 1 is 1.06 bits per heavy atom. The summed E-state index contributed by atoms with van der Waals surface area (Å²) in [6, 6.07) is 13.2. The fourth-order valence-electron chi connectivity index (χ4n) is 3.69. The van der Waals surface area contributed by atoms with Gasteiger partial charge in [-0.1, -0.05) is 24.3 Å². The first kappa shape index (κ1) is 22.8. The third kappa shape index (κ3) is 4.67. The van der Waals surface area contributed by atoms with Crippen LogP contribution in [0, 0.1) is 0 Å². The molecule has 0 unspecified atom stereocenters. The minimum Gasteiger partial charge on any atom is -0.460 e. The number of fused-ring (bicyclic) bond motifs is 1. The summed E-state index contributed by atoms with van der Waals surface area (Å²) in [5.74, 6) is -0.678. The van der Waals surface area contributed by atoms with Gasteiger partial charge in [-0.3, -0.25) is 0 Å². The van der Waals surface area contributed by atoms with Crippen molar-refractivity contribution in [2.24, 2.45) is 0 Å². The average Bonchev–Trinajstić information content (AvgIpc) is 3.42. The third-order valence-corrected chi connectivity index (χ3v) is 7.53. The van der Waals surface area contributed by atoms with Crippen molar-refractivity contribution < 1.29 is 24.2 Å². The highest BCUT2D eigenvalue weighted by molar-refractivity contribution is 7.19. The molecule has 1 amide bonds. The lowest BCUT2D eigenvalue weighted by atomic mass is 9.99. The fourth-order valence-corrected chi connectivity index (χ4v) is 5.73. The molecule has 0 aliphatic carbocycles. The van der Waals surface area contributed by atoms with Gasteiger partial charge in [0.2, 0.25) is 5.60 Å². The van der Waals surface area contributed by atoms with Crippen molar-refractivity contribution in [3.05, 3.63) is 57.6 Å². The Hall–Kier alpha value is -2.42. The second-order valence-electron chi connectivity index (χ2n) is 8.91. The predicted molar refractivity (Wildman–Crippen MR) is 126 cm³/mol. The van der Waals surface area contributed by atoms with Gasteiger partial charge >= 0.3 is 12.1 Å². The molecule has 3 aromatic rings. The number of hydrogen-bond donors (Lipinski definition) is 1. The molecule has 32 heavy (non-hydrogen) atoms. The van der Waals surface area contributed by atoms with Crippen molar-refractivity contribution in [3.63, 3.8) is 0 Å². The SMILES string of the molecule is CC(C)(C)OC(=O)N1CCC(OC(=O)[C@@](O)(c2cccs2)c2cc3ccccc3s2)CC1. The highest BCUT2D eigenvalue weighted by atomic mass is 32.1. The number of ether oxygens (including phenoxy) is 2. The predicted octanol–water partition coefficient (Wildman–Crippen LogP) is 5.14.